The van der Waals surface area contributed by atoms with E-state index in [1.54, 1.807) is 18.4 Å². The van der Waals surface area contributed by atoms with Crippen LogP contribution >= 0.6 is 11.3 Å². The average Bonchev–Trinajstić information content (AvgIpc) is 3.55. The molecule has 0 fully saturated rings. The number of thiophene rings is 1. The molecule has 6 rings (SSSR count). The molecule has 0 aliphatic carbocycles. The van der Waals surface area contributed by atoms with Gasteiger partial charge in [0.15, 0.2) is 5.78 Å². The van der Waals surface area contributed by atoms with Gasteiger partial charge >= 0.3 is 0 Å². The summed E-state index contributed by atoms with van der Waals surface area (Å²) >= 11 is 1.76. The molecule has 0 unspecified atom stereocenters. The number of rotatable bonds is 6. The third-order valence-corrected chi connectivity index (χ3v) is 7.67. The van der Waals surface area contributed by atoms with Gasteiger partial charge in [0.1, 0.15) is 5.75 Å². The Morgan fingerprint density at radius 3 is 2.57 bits per heavy atom. The molecule has 0 spiro atoms. The SMILES string of the molecule is COc1ccc(-c2ccccc2)cc1CC(=O)c1cc2c(c(-c3cc4ccccc4s3)c1)CN=C2. The van der Waals surface area contributed by atoms with Crippen molar-refractivity contribution in [2.24, 2.45) is 4.99 Å². The predicted molar refractivity (Wildman–Crippen MR) is 145 cm³/mol. The first kappa shape index (κ1) is 21.5. The van der Waals surface area contributed by atoms with Gasteiger partial charge in [-0.1, -0.05) is 54.6 Å². The summed E-state index contributed by atoms with van der Waals surface area (Å²) in [5, 5.41) is 1.22. The van der Waals surface area contributed by atoms with Crippen molar-refractivity contribution in [1.82, 2.24) is 0 Å². The highest BCUT2D eigenvalue weighted by molar-refractivity contribution is 7.22. The summed E-state index contributed by atoms with van der Waals surface area (Å²) in [6.07, 6.45) is 2.16. The number of ether oxygens (including phenoxy) is 1. The Labute approximate surface area is 208 Å². The normalized spacial score (nSPS) is 12.1. The van der Waals surface area contributed by atoms with Crippen LogP contribution in [0.4, 0.5) is 0 Å². The fraction of sp³-hybridized carbons (Fsp3) is 0.0968. The minimum atomic E-state index is 0.0685. The van der Waals surface area contributed by atoms with E-state index < -0.39 is 0 Å². The number of fused-ring (bicyclic) bond motifs is 2. The molecule has 3 nitrogen and oxygen atoms in total. The fourth-order valence-electron chi connectivity index (χ4n) is 4.72. The smallest absolute Gasteiger partial charge is 0.167 e. The molecule has 4 aromatic carbocycles. The molecule has 0 radical (unpaired) electrons. The molecular weight excluding hydrogens is 450 g/mol. The van der Waals surface area contributed by atoms with E-state index in [9.17, 15) is 4.79 Å². The quantitative estimate of drug-likeness (QED) is 0.238. The van der Waals surface area contributed by atoms with E-state index in [2.05, 4.69) is 53.5 Å². The average molecular weight is 474 g/mol. The Kier molecular flexibility index (Phi) is 5.51. The highest BCUT2D eigenvalue weighted by atomic mass is 32.1. The third kappa shape index (κ3) is 4.07. The van der Waals surface area contributed by atoms with Crippen LogP contribution in [0.25, 0.3) is 31.7 Å². The predicted octanol–water partition coefficient (Wildman–Crippen LogP) is 7.60. The molecule has 0 bridgehead atoms. The molecule has 4 heteroatoms. The van der Waals surface area contributed by atoms with Crippen molar-refractivity contribution in [1.29, 1.82) is 0 Å². The molecule has 5 aromatic rings. The number of Topliss-reactive ketones (excluding diaryl/α,β-unsaturated/α-hetero) is 1. The lowest BCUT2D eigenvalue weighted by Gasteiger charge is -2.13. The zero-order valence-electron chi connectivity index (χ0n) is 19.3. The number of aliphatic imine (C=N–C) groups is 1. The number of benzene rings is 4. The maximum Gasteiger partial charge on any atom is 0.167 e. The van der Waals surface area contributed by atoms with Gasteiger partial charge in [0.25, 0.3) is 0 Å². The van der Waals surface area contributed by atoms with Gasteiger partial charge in [-0.3, -0.25) is 9.79 Å². The van der Waals surface area contributed by atoms with Gasteiger partial charge in [0.05, 0.1) is 13.7 Å². The fourth-order valence-corrected chi connectivity index (χ4v) is 5.83. The molecular formula is C31H23NO2S. The maximum atomic E-state index is 13.6. The lowest BCUT2D eigenvalue weighted by atomic mass is 9.93. The Hall–Kier alpha value is -4.02. The van der Waals surface area contributed by atoms with Crippen LogP contribution < -0.4 is 4.74 Å². The van der Waals surface area contributed by atoms with Crippen LogP contribution in [0.15, 0.2) is 96.0 Å². The Morgan fingerprint density at radius 2 is 1.74 bits per heavy atom. The van der Waals surface area contributed by atoms with Gasteiger partial charge in [-0.25, -0.2) is 0 Å². The molecule has 0 saturated carbocycles. The molecule has 170 valence electrons. The molecule has 0 amide bonds. The van der Waals surface area contributed by atoms with Crippen molar-refractivity contribution in [3.63, 3.8) is 0 Å². The summed E-state index contributed by atoms with van der Waals surface area (Å²) in [5.74, 6) is 0.796. The van der Waals surface area contributed by atoms with Gasteiger partial charge in [-0.05, 0) is 69.6 Å². The Morgan fingerprint density at radius 1 is 0.914 bits per heavy atom. The summed E-state index contributed by atoms with van der Waals surface area (Å²) in [7, 11) is 1.65. The number of carbonyl (C=O) groups excluding carboxylic acids is 1. The molecule has 1 aromatic heterocycles. The second-order valence-electron chi connectivity index (χ2n) is 8.70. The largest absolute Gasteiger partial charge is 0.496 e. The number of methoxy groups -OCH3 is 1. The van der Waals surface area contributed by atoms with Crippen molar-refractivity contribution in [2.75, 3.05) is 7.11 Å². The maximum absolute atomic E-state index is 13.6. The molecule has 0 N–H and O–H groups in total. The van der Waals surface area contributed by atoms with Crippen LogP contribution in [0.1, 0.15) is 27.0 Å². The van der Waals surface area contributed by atoms with E-state index in [4.69, 9.17) is 4.74 Å². The van der Waals surface area contributed by atoms with Gasteiger partial charge < -0.3 is 4.74 Å². The minimum absolute atomic E-state index is 0.0685. The summed E-state index contributed by atoms with van der Waals surface area (Å²) in [6, 6.07) is 30.9. The van der Waals surface area contributed by atoms with E-state index in [-0.39, 0.29) is 12.2 Å². The summed E-state index contributed by atoms with van der Waals surface area (Å²) in [4.78, 5) is 19.3. The van der Waals surface area contributed by atoms with Crippen LogP contribution in [0, 0.1) is 0 Å². The number of carbonyl (C=O) groups is 1. The molecule has 0 atom stereocenters. The first-order chi connectivity index (χ1) is 17.2. The van der Waals surface area contributed by atoms with E-state index in [0.29, 0.717) is 12.1 Å². The van der Waals surface area contributed by atoms with E-state index in [1.807, 2.05) is 48.7 Å². The summed E-state index contributed by atoms with van der Waals surface area (Å²) < 4.78 is 6.85. The third-order valence-electron chi connectivity index (χ3n) is 6.52. The topological polar surface area (TPSA) is 38.7 Å². The minimum Gasteiger partial charge on any atom is -0.496 e. The lowest BCUT2D eigenvalue weighted by Crippen LogP contribution is -2.07. The number of hydrogen-bond donors (Lipinski definition) is 0. The van der Waals surface area contributed by atoms with Gasteiger partial charge in [0.2, 0.25) is 0 Å². The molecule has 0 saturated heterocycles. The zero-order valence-corrected chi connectivity index (χ0v) is 20.1. The van der Waals surface area contributed by atoms with Crippen LogP contribution in [-0.2, 0) is 13.0 Å². The van der Waals surface area contributed by atoms with Crippen molar-refractivity contribution in [3.05, 3.63) is 113 Å². The van der Waals surface area contributed by atoms with Crippen LogP contribution in [0.3, 0.4) is 0 Å². The summed E-state index contributed by atoms with van der Waals surface area (Å²) in [5.41, 5.74) is 7.11. The molecule has 35 heavy (non-hydrogen) atoms. The first-order valence-corrected chi connectivity index (χ1v) is 12.4. The number of nitrogens with zero attached hydrogens (tertiary/aromatic N) is 1. The second kappa shape index (κ2) is 8.97. The Balaban J connectivity index is 1.38. The van der Waals surface area contributed by atoms with Gasteiger partial charge in [-0.15, -0.1) is 11.3 Å². The summed E-state index contributed by atoms with van der Waals surface area (Å²) in [6.45, 7) is 0.653. The highest BCUT2D eigenvalue weighted by Gasteiger charge is 2.20. The monoisotopic (exact) mass is 473 g/mol. The van der Waals surface area contributed by atoms with E-state index in [0.717, 1.165) is 33.6 Å². The van der Waals surface area contributed by atoms with Crippen molar-refractivity contribution in [3.8, 4) is 27.3 Å². The molecule has 1 aliphatic rings. The van der Waals surface area contributed by atoms with Crippen LogP contribution in [0.2, 0.25) is 0 Å². The zero-order chi connectivity index (χ0) is 23.8. The standard InChI is InChI=1S/C31H23NO2S/c1-34-29-12-11-21(20-7-3-2-4-8-20)13-24(29)16-28(33)23-14-25-18-32-19-27(25)26(15-23)31-17-22-9-5-6-10-30(22)35-31/h2-15,17-18H,16,19H2,1H3. The van der Waals surface area contributed by atoms with Crippen LogP contribution in [0.5, 0.6) is 5.75 Å². The van der Waals surface area contributed by atoms with Crippen LogP contribution in [-0.4, -0.2) is 19.1 Å². The number of ketones is 1. The van der Waals surface area contributed by atoms with Crippen molar-refractivity contribution in [2.45, 2.75) is 13.0 Å². The van der Waals surface area contributed by atoms with Crippen molar-refractivity contribution >= 4 is 33.4 Å². The lowest BCUT2D eigenvalue weighted by molar-refractivity contribution is 0.0992. The first-order valence-electron chi connectivity index (χ1n) is 11.6. The van der Waals surface area contributed by atoms with Crippen molar-refractivity contribution < 1.29 is 9.53 Å². The van der Waals surface area contributed by atoms with Gasteiger partial charge in [-0.2, -0.15) is 0 Å². The highest BCUT2D eigenvalue weighted by Crippen LogP contribution is 2.38. The second-order valence-corrected chi connectivity index (χ2v) is 9.79. The van der Waals surface area contributed by atoms with E-state index >= 15 is 0 Å². The molecule has 2 heterocycles. The molecule has 1 aliphatic heterocycles. The van der Waals surface area contributed by atoms with E-state index in [1.165, 1.54) is 20.5 Å². The number of hydrogen-bond acceptors (Lipinski definition) is 4. The van der Waals surface area contributed by atoms with Gasteiger partial charge in [0, 0.05) is 33.3 Å². The Bertz CT molecular complexity index is 1560.